The number of esters is 1. The van der Waals surface area contributed by atoms with E-state index in [0.29, 0.717) is 45.7 Å². The number of halogens is 1. The van der Waals surface area contributed by atoms with Crippen LogP contribution in [-0.4, -0.2) is 42.5 Å². The summed E-state index contributed by atoms with van der Waals surface area (Å²) in [6, 6.07) is 12.4. The summed E-state index contributed by atoms with van der Waals surface area (Å²) in [7, 11) is 3.01. The van der Waals surface area contributed by atoms with Gasteiger partial charge in [-0.15, -0.1) is 0 Å². The Hall–Kier alpha value is -3.52. The van der Waals surface area contributed by atoms with E-state index >= 15 is 0 Å². The van der Waals surface area contributed by atoms with Gasteiger partial charge in [-0.25, -0.2) is 4.79 Å². The summed E-state index contributed by atoms with van der Waals surface area (Å²) in [5, 5.41) is 7.71. The molecule has 3 aromatic rings. The molecule has 1 N–H and O–H groups in total. The first-order valence-electron chi connectivity index (χ1n) is 9.80. The summed E-state index contributed by atoms with van der Waals surface area (Å²) < 4.78 is 17.3. The fraction of sp³-hybridized carbons (Fsp3) is 0.261. The Bertz CT molecular complexity index is 1140. The highest BCUT2D eigenvalue weighted by atomic mass is 35.5. The second-order valence-corrected chi connectivity index (χ2v) is 7.39. The molecule has 9 heteroatoms. The highest BCUT2D eigenvalue weighted by molar-refractivity contribution is 6.31. The Morgan fingerprint density at radius 1 is 1.09 bits per heavy atom. The number of aryl methyl sites for hydroxylation is 1. The molecule has 0 aliphatic rings. The van der Waals surface area contributed by atoms with E-state index < -0.39 is 18.5 Å². The molecule has 0 radical (unpaired) electrons. The first-order valence-corrected chi connectivity index (χ1v) is 10.2. The van der Waals surface area contributed by atoms with Crippen LogP contribution in [0.1, 0.15) is 27.3 Å². The molecule has 0 atom stereocenters. The van der Waals surface area contributed by atoms with Crippen molar-refractivity contribution in [2.24, 2.45) is 0 Å². The van der Waals surface area contributed by atoms with Gasteiger partial charge in [0.2, 0.25) is 0 Å². The molecule has 0 aliphatic carbocycles. The second-order valence-electron chi connectivity index (χ2n) is 6.99. The molecule has 0 aliphatic heterocycles. The number of hydrogen-bond acceptors (Lipinski definition) is 6. The van der Waals surface area contributed by atoms with Crippen LogP contribution in [0, 0.1) is 13.8 Å². The van der Waals surface area contributed by atoms with E-state index in [9.17, 15) is 9.59 Å². The molecule has 0 bridgehead atoms. The number of nitrogens with one attached hydrogen (secondary N) is 1. The van der Waals surface area contributed by atoms with Crippen molar-refractivity contribution in [3.63, 3.8) is 0 Å². The number of anilines is 1. The number of methoxy groups -OCH3 is 2. The number of nitrogens with zero attached hydrogens (tertiary/aromatic N) is 2. The number of carbonyl (C=O) groups is 2. The maximum atomic E-state index is 12.7. The minimum absolute atomic E-state index is 0.323. The number of aromatic nitrogens is 2. The van der Waals surface area contributed by atoms with Crippen molar-refractivity contribution < 1.29 is 23.8 Å². The Morgan fingerprint density at radius 3 is 2.53 bits per heavy atom. The van der Waals surface area contributed by atoms with Crippen LogP contribution in [0.15, 0.2) is 42.5 Å². The lowest BCUT2D eigenvalue weighted by atomic mass is 10.2. The summed E-state index contributed by atoms with van der Waals surface area (Å²) in [6.07, 6.45) is 0. The third-order valence-corrected chi connectivity index (χ3v) is 5.25. The molecule has 3 rings (SSSR count). The summed E-state index contributed by atoms with van der Waals surface area (Å²) in [6.45, 7) is 3.44. The van der Waals surface area contributed by atoms with Crippen molar-refractivity contribution in [3.8, 4) is 11.5 Å². The van der Waals surface area contributed by atoms with Crippen LogP contribution in [0.2, 0.25) is 5.02 Å². The summed E-state index contributed by atoms with van der Waals surface area (Å²) >= 11 is 6.23. The molecule has 8 nitrogen and oxygen atoms in total. The van der Waals surface area contributed by atoms with Gasteiger partial charge in [-0.05, 0) is 37.6 Å². The normalized spacial score (nSPS) is 10.5. The Kier molecular flexibility index (Phi) is 7.37. The molecule has 0 saturated carbocycles. The molecule has 0 fully saturated rings. The highest BCUT2D eigenvalue weighted by Crippen LogP contribution is 2.28. The lowest BCUT2D eigenvalue weighted by Gasteiger charge is -2.12. The number of ether oxygens (including phenoxy) is 3. The van der Waals surface area contributed by atoms with E-state index in [1.165, 1.54) is 14.2 Å². The second kappa shape index (κ2) is 10.2. The molecule has 1 heterocycles. The number of carbonyl (C=O) groups excluding carboxylic acids is 2. The van der Waals surface area contributed by atoms with Gasteiger partial charge in [0.05, 0.1) is 37.8 Å². The molecule has 2 aromatic carbocycles. The van der Waals surface area contributed by atoms with Crippen molar-refractivity contribution in [2.75, 3.05) is 26.1 Å². The van der Waals surface area contributed by atoms with Crippen molar-refractivity contribution in [1.29, 1.82) is 0 Å². The lowest BCUT2D eigenvalue weighted by molar-refractivity contribution is -0.119. The van der Waals surface area contributed by atoms with E-state index in [-0.39, 0.29) is 0 Å². The quantitative estimate of drug-likeness (QED) is 0.514. The van der Waals surface area contributed by atoms with Gasteiger partial charge in [-0.2, -0.15) is 5.10 Å². The SMILES string of the molecule is COc1ccc(OC)c(NC(=O)COC(=O)c2c(C)nn(Cc3ccccc3Cl)c2C)c1. The number of benzene rings is 2. The van der Waals surface area contributed by atoms with E-state index in [0.717, 1.165) is 5.56 Å². The Morgan fingerprint density at radius 2 is 1.84 bits per heavy atom. The molecule has 32 heavy (non-hydrogen) atoms. The molecule has 0 saturated heterocycles. The van der Waals surface area contributed by atoms with Gasteiger partial charge in [-0.1, -0.05) is 29.8 Å². The third-order valence-electron chi connectivity index (χ3n) is 4.88. The van der Waals surface area contributed by atoms with Gasteiger partial charge in [0.15, 0.2) is 6.61 Å². The summed E-state index contributed by atoms with van der Waals surface area (Å²) in [4.78, 5) is 25.0. The van der Waals surface area contributed by atoms with E-state index in [2.05, 4.69) is 10.4 Å². The minimum atomic E-state index is -0.627. The predicted octanol–water partition coefficient (Wildman–Crippen LogP) is 4.01. The molecule has 0 unspecified atom stereocenters. The molecule has 1 amide bonds. The number of rotatable bonds is 8. The van der Waals surface area contributed by atoms with Crippen LogP contribution in [0.4, 0.5) is 5.69 Å². The van der Waals surface area contributed by atoms with Gasteiger partial charge < -0.3 is 19.5 Å². The van der Waals surface area contributed by atoms with Gasteiger partial charge in [0.1, 0.15) is 17.1 Å². The van der Waals surface area contributed by atoms with Crippen LogP contribution in [0.5, 0.6) is 11.5 Å². The largest absolute Gasteiger partial charge is 0.497 e. The highest BCUT2D eigenvalue weighted by Gasteiger charge is 2.21. The smallest absolute Gasteiger partial charge is 0.342 e. The zero-order valence-corrected chi connectivity index (χ0v) is 19.0. The predicted molar refractivity (Wildman–Crippen MR) is 121 cm³/mol. The molecular weight excluding hydrogens is 434 g/mol. The van der Waals surface area contributed by atoms with E-state index in [4.69, 9.17) is 25.8 Å². The van der Waals surface area contributed by atoms with E-state index in [1.807, 2.05) is 18.2 Å². The molecule has 0 spiro atoms. The van der Waals surface area contributed by atoms with Gasteiger partial charge in [0, 0.05) is 11.1 Å². The average molecular weight is 458 g/mol. The van der Waals surface area contributed by atoms with Crippen LogP contribution < -0.4 is 14.8 Å². The standard InChI is InChI=1S/C23H24ClN3O5/c1-14-22(15(2)27(26-14)12-16-7-5-6-8-18(16)24)23(29)32-13-21(28)25-19-11-17(30-3)9-10-20(19)31-4/h5-11H,12-13H2,1-4H3,(H,25,28). The van der Waals surface area contributed by atoms with Gasteiger partial charge in [0.25, 0.3) is 5.91 Å². The lowest BCUT2D eigenvalue weighted by Crippen LogP contribution is -2.21. The minimum Gasteiger partial charge on any atom is -0.497 e. The van der Waals surface area contributed by atoms with Crippen molar-refractivity contribution in [1.82, 2.24) is 9.78 Å². The monoisotopic (exact) mass is 457 g/mol. The van der Waals surface area contributed by atoms with Crippen LogP contribution in [-0.2, 0) is 16.1 Å². The van der Waals surface area contributed by atoms with E-state index in [1.54, 1.807) is 42.8 Å². The fourth-order valence-corrected chi connectivity index (χ4v) is 3.43. The fourth-order valence-electron chi connectivity index (χ4n) is 3.24. The van der Waals surface area contributed by atoms with Crippen molar-refractivity contribution in [2.45, 2.75) is 20.4 Å². The van der Waals surface area contributed by atoms with Crippen LogP contribution in [0.3, 0.4) is 0 Å². The first-order chi connectivity index (χ1) is 15.3. The Balaban J connectivity index is 1.67. The van der Waals surface area contributed by atoms with Gasteiger partial charge in [-0.3, -0.25) is 9.48 Å². The maximum Gasteiger partial charge on any atom is 0.342 e. The van der Waals surface area contributed by atoms with Crippen molar-refractivity contribution in [3.05, 3.63) is 70.0 Å². The summed E-state index contributed by atoms with van der Waals surface area (Å²) in [5.74, 6) is -0.130. The zero-order valence-electron chi connectivity index (χ0n) is 18.3. The third kappa shape index (κ3) is 5.20. The molecule has 168 valence electrons. The Labute approximate surface area is 191 Å². The van der Waals surface area contributed by atoms with Crippen LogP contribution >= 0.6 is 11.6 Å². The maximum absolute atomic E-state index is 12.7. The number of amides is 1. The van der Waals surface area contributed by atoms with Crippen LogP contribution in [0.25, 0.3) is 0 Å². The zero-order chi connectivity index (χ0) is 23.3. The van der Waals surface area contributed by atoms with Gasteiger partial charge >= 0.3 is 5.97 Å². The first kappa shape index (κ1) is 23.1. The molecular formula is C23H24ClN3O5. The topological polar surface area (TPSA) is 91.7 Å². The molecule has 1 aromatic heterocycles. The summed E-state index contributed by atoms with van der Waals surface area (Å²) in [5.41, 5.74) is 2.75. The average Bonchev–Trinajstić information content (AvgIpc) is 3.06. The number of hydrogen-bond donors (Lipinski definition) is 1. The van der Waals surface area contributed by atoms with Crippen molar-refractivity contribution >= 4 is 29.2 Å².